The minimum Gasteiger partial charge on any atom is -0.389 e. The molecular weight excluding hydrogens is 214 g/mol. The van der Waals surface area contributed by atoms with E-state index in [2.05, 4.69) is 0 Å². The summed E-state index contributed by atoms with van der Waals surface area (Å²) < 4.78 is 0. The van der Waals surface area contributed by atoms with Gasteiger partial charge in [0.15, 0.2) is 0 Å². The zero-order chi connectivity index (χ0) is 10.8. The van der Waals surface area contributed by atoms with Crippen molar-refractivity contribution in [1.29, 1.82) is 0 Å². The van der Waals surface area contributed by atoms with E-state index in [0.29, 0.717) is 19.7 Å². The number of rotatable bonds is 2. The summed E-state index contributed by atoms with van der Waals surface area (Å²) in [6, 6.07) is 5.90. The van der Waals surface area contributed by atoms with Crippen molar-refractivity contribution in [2.75, 3.05) is 13.2 Å². The first-order valence-corrected chi connectivity index (χ1v) is 5.34. The van der Waals surface area contributed by atoms with Gasteiger partial charge in [0.1, 0.15) is 0 Å². The minimum atomic E-state index is -0.363. The van der Waals surface area contributed by atoms with E-state index >= 15 is 0 Å². The van der Waals surface area contributed by atoms with Gasteiger partial charge in [0.05, 0.1) is 19.3 Å². The van der Waals surface area contributed by atoms with E-state index in [1.165, 1.54) is 0 Å². The lowest BCUT2D eigenvalue weighted by Gasteiger charge is -2.13. The molecular formula is C11H14ClNO2. The number of aliphatic hydroxyl groups excluding tert-OH is 1. The molecule has 0 spiro atoms. The topological polar surface area (TPSA) is 32.7 Å². The number of hydrogen-bond acceptors (Lipinski definition) is 3. The van der Waals surface area contributed by atoms with Gasteiger partial charge in [0, 0.05) is 11.6 Å². The van der Waals surface area contributed by atoms with E-state index in [0.717, 1.165) is 16.1 Å². The Bertz CT molecular complexity index is 356. The molecule has 3 nitrogen and oxygen atoms in total. The van der Waals surface area contributed by atoms with Crippen molar-refractivity contribution < 1.29 is 9.94 Å². The number of halogens is 1. The molecule has 1 fully saturated rings. The highest BCUT2D eigenvalue weighted by Crippen LogP contribution is 2.18. The van der Waals surface area contributed by atoms with E-state index in [9.17, 15) is 5.11 Å². The van der Waals surface area contributed by atoms with Crippen molar-refractivity contribution in [2.45, 2.75) is 19.6 Å². The second-order valence-electron chi connectivity index (χ2n) is 3.86. The van der Waals surface area contributed by atoms with Crippen LogP contribution in [0.5, 0.6) is 0 Å². The number of nitrogens with zero attached hydrogens (tertiary/aromatic N) is 1. The van der Waals surface area contributed by atoms with Gasteiger partial charge < -0.3 is 5.11 Å². The maximum atomic E-state index is 9.29. The molecule has 15 heavy (non-hydrogen) atoms. The second kappa shape index (κ2) is 4.49. The average Bonchev–Trinajstić information content (AvgIpc) is 2.58. The van der Waals surface area contributed by atoms with E-state index in [-0.39, 0.29) is 6.10 Å². The molecule has 0 radical (unpaired) electrons. The van der Waals surface area contributed by atoms with Crippen LogP contribution in [0.15, 0.2) is 18.2 Å². The van der Waals surface area contributed by atoms with Crippen LogP contribution in [0.25, 0.3) is 0 Å². The highest BCUT2D eigenvalue weighted by atomic mass is 35.5. The highest BCUT2D eigenvalue weighted by molar-refractivity contribution is 6.31. The fourth-order valence-electron chi connectivity index (χ4n) is 1.65. The Morgan fingerprint density at radius 3 is 3.00 bits per heavy atom. The largest absolute Gasteiger partial charge is 0.389 e. The summed E-state index contributed by atoms with van der Waals surface area (Å²) in [5.74, 6) is 0. The van der Waals surface area contributed by atoms with Crippen molar-refractivity contribution in [3.8, 4) is 0 Å². The van der Waals surface area contributed by atoms with Crippen molar-refractivity contribution in [3.05, 3.63) is 34.3 Å². The van der Waals surface area contributed by atoms with Gasteiger partial charge in [-0.3, -0.25) is 4.84 Å². The van der Waals surface area contributed by atoms with Crippen LogP contribution in [0, 0.1) is 6.92 Å². The fourth-order valence-corrected chi connectivity index (χ4v) is 1.77. The van der Waals surface area contributed by atoms with Crippen LogP contribution in [-0.2, 0) is 11.4 Å². The van der Waals surface area contributed by atoms with Gasteiger partial charge in [0.2, 0.25) is 0 Å². The second-order valence-corrected chi connectivity index (χ2v) is 4.26. The molecule has 82 valence electrons. The van der Waals surface area contributed by atoms with E-state index in [1.54, 1.807) is 5.06 Å². The molecule has 1 aliphatic rings. The Balaban J connectivity index is 2.02. The normalized spacial score (nSPS) is 22.2. The molecule has 1 aliphatic heterocycles. The number of benzene rings is 1. The van der Waals surface area contributed by atoms with Gasteiger partial charge in [-0.25, -0.2) is 0 Å². The zero-order valence-corrected chi connectivity index (χ0v) is 9.37. The van der Waals surface area contributed by atoms with Crippen LogP contribution in [0.1, 0.15) is 11.1 Å². The number of β-amino-alcohol motifs (C(OH)–C–C–N with tert-alkyl or cyclic N) is 1. The van der Waals surface area contributed by atoms with E-state index < -0.39 is 0 Å². The van der Waals surface area contributed by atoms with Crippen LogP contribution < -0.4 is 0 Å². The molecule has 0 aliphatic carbocycles. The molecule has 1 heterocycles. The summed E-state index contributed by atoms with van der Waals surface area (Å²) in [6.07, 6.45) is -0.363. The SMILES string of the molecule is Cc1cc(CN2C[C@@H](O)CO2)ccc1Cl. The summed E-state index contributed by atoms with van der Waals surface area (Å²) in [4.78, 5) is 5.29. The third-order valence-electron chi connectivity index (χ3n) is 2.45. The number of aliphatic hydroxyl groups is 1. The Kier molecular flexibility index (Phi) is 3.26. The van der Waals surface area contributed by atoms with Gasteiger partial charge in [-0.05, 0) is 24.1 Å². The molecule has 1 aromatic carbocycles. The number of aryl methyl sites for hydroxylation is 1. The summed E-state index contributed by atoms with van der Waals surface area (Å²) in [7, 11) is 0. The Morgan fingerprint density at radius 1 is 1.60 bits per heavy atom. The van der Waals surface area contributed by atoms with Crippen LogP contribution >= 0.6 is 11.6 Å². The van der Waals surface area contributed by atoms with Crippen LogP contribution in [-0.4, -0.2) is 29.4 Å². The molecule has 0 unspecified atom stereocenters. The minimum absolute atomic E-state index is 0.363. The highest BCUT2D eigenvalue weighted by Gasteiger charge is 2.21. The maximum absolute atomic E-state index is 9.29. The number of hydroxylamine groups is 2. The van der Waals surface area contributed by atoms with Gasteiger partial charge in [0.25, 0.3) is 0 Å². The fraction of sp³-hybridized carbons (Fsp3) is 0.455. The van der Waals surface area contributed by atoms with Crippen molar-refractivity contribution in [1.82, 2.24) is 5.06 Å². The quantitative estimate of drug-likeness (QED) is 0.836. The Labute approximate surface area is 94.2 Å². The standard InChI is InChI=1S/C11H14ClNO2/c1-8-4-9(2-3-11(8)12)5-13-6-10(14)7-15-13/h2-4,10,14H,5-7H2,1H3/t10-/m1/s1. The molecule has 1 N–H and O–H groups in total. The van der Waals surface area contributed by atoms with Crippen molar-refractivity contribution >= 4 is 11.6 Å². The smallest absolute Gasteiger partial charge is 0.0958 e. The summed E-state index contributed by atoms with van der Waals surface area (Å²) >= 11 is 5.94. The Hall–Kier alpha value is -0.610. The van der Waals surface area contributed by atoms with Crippen LogP contribution in [0.3, 0.4) is 0 Å². The predicted octanol–water partition coefficient (Wildman–Crippen LogP) is 1.76. The summed E-state index contributed by atoms with van der Waals surface area (Å²) in [6.45, 7) is 3.63. The summed E-state index contributed by atoms with van der Waals surface area (Å²) in [5.41, 5.74) is 2.21. The number of hydrogen-bond donors (Lipinski definition) is 1. The van der Waals surface area contributed by atoms with E-state index in [4.69, 9.17) is 16.4 Å². The average molecular weight is 228 g/mol. The van der Waals surface area contributed by atoms with Crippen molar-refractivity contribution in [3.63, 3.8) is 0 Å². The van der Waals surface area contributed by atoms with Gasteiger partial charge in [-0.1, -0.05) is 23.7 Å². The molecule has 1 atom stereocenters. The first kappa shape index (κ1) is 10.9. The monoisotopic (exact) mass is 227 g/mol. The molecule has 0 bridgehead atoms. The van der Waals surface area contributed by atoms with Crippen molar-refractivity contribution in [2.24, 2.45) is 0 Å². The molecule has 0 amide bonds. The first-order valence-electron chi connectivity index (χ1n) is 4.96. The molecule has 0 saturated carbocycles. The van der Waals surface area contributed by atoms with Crippen LogP contribution in [0.2, 0.25) is 5.02 Å². The molecule has 0 aromatic heterocycles. The van der Waals surface area contributed by atoms with Crippen LogP contribution in [0.4, 0.5) is 0 Å². The third-order valence-corrected chi connectivity index (χ3v) is 2.87. The summed E-state index contributed by atoms with van der Waals surface area (Å²) in [5, 5.41) is 11.8. The lowest BCUT2D eigenvalue weighted by Crippen LogP contribution is -2.20. The van der Waals surface area contributed by atoms with E-state index in [1.807, 2.05) is 25.1 Å². The molecule has 2 rings (SSSR count). The molecule has 1 saturated heterocycles. The molecule has 1 aromatic rings. The maximum Gasteiger partial charge on any atom is 0.0958 e. The predicted molar refractivity (Wildman–Crippen MR) is 58.6 cm³/mol. The Morgan fingerprint density at radius 2 is 2.40 bits per heavy atom. The van der Waals surface area contributed by atoms with Gasteiger partial charge >= 0.3 is 0 Å². The zero-order valence-electron chi connectivity index (χ0n) is 8.61. The molecule has 4 heteroatoms. The third kappa shape index (κ3) is 2.69. The van der Waals surface area contributed by atoms with Gasteiger partial charge in [-0.15, -0.1) is 0 Å². The lowest BCUT2D eigenvalue weighted by atomic mass is 10.1. The first-order chi connectivity index (χ1) is 7.15. The lowest BCUT2D eigenvalue weighted by molar-refractivity contribution is -0.117. The van der Waals surface area contributed by atoms with Gasteiger partial charge in [-0.2, -0.15) is 5.06 Å².